The number of para-hydroxylation sites is 3. The largest absolute Gasteiger partial charge is 0.412 e. The van der Waals surface area contributed by atoms with Crippen molar-refractivity contribution in [3.63, 3.8) is 0 Å². The highest BCUT2D eigenvalue weighted by molar-refractivity contribution is 7.98. The first kappa shape index (κ1) is 21.1. The van der Waals surface area contributed by atoms with Crippen LogP contribution in [0.25, 0.3) is 11.0 Å². The lowest BCUT2D eigenvalue weighted by Crippen LogP contribution is -2.23. The summed E-state index contributed by atoms with van der Waals surface area (Å²) >= 11 is 1.76. The predicted molar refractivity (Wildman–Crippen MR) is 111 cm³/mol. The zero-order valence-corrected chi connectivity index (χ0v) is 15.2. The highest BCUT2D eigenvalue weighted by Crippen LogP contribution is 2.28. The van der Waals surface area contributed by atoms with Crippen LogP contribution in [-0.4, -0.2) is 29.0 Å². The predicted octanol–water partition coefficient (Wildman–Crippen LogP) is 4.76. The zero-order valence-electron chi connectivity index (χ0n) is 14.4. The van der Waals surface area contributed by atoms with Gasteiger partial charge in [0.25, 0.3) is 0 Å². The van der Waals surface area contributed by atoms with Crippen molar-refractivity contribution in [1.29, 1.82) is 0 Å². The summed E-state index contributed by atoms with van der Waals surface area (Å²) in [6.07, 6.45) is 0. The summed E-state index contributed by atoms with van der Waals surface area (Å²) in [5.41, 5.74) is 4.78. The topological polar surface area (TPSA) is 63.4 Å². The fourth-order valence-corrected chi connectivity index (χ4v) is 3.68. The van der Waals surface area contributed by atoms with Gasteiger partial charge < -0.3 is 15.4 Å². The molecule has 4 nitrogen and oxygen atoms in total. The molecule has 0 saturated heterocycles. The van der Waals surface area contributed by atoms with Crippen LogP contribution in [0.1, 0.15) is 26.8 Å². The van der Waals surface area contributed by atoms with Crippen LogP contribution < -0.4 is 4.90 Å². The molecule has 136 valence electrons. The molecule has 0 aliphatic carbocycles. The minimum absolute atomic E-state index is 0. The fraction of sp³-hybridized carbons (Fsp3) is 0.350. The fourth-order valence-electron chi connectivity index (χ4n) is 2.80. The Kier molecular flexibility index (Phi) is 8.00. The van der Waals surface area contributed by atoms with E-state index in [1.807, 2.05) is 18.2 Å². The van der Waals surface area contributed by atoms with Crippen LogP contribution in [0.2, 0.25) is 0 Å². The molecule has 3 rings (SSSR count). The number of anilines is 1. The molecular weight excluding hydrogens is 330 g/mol. The molecule has 1 heterocycles. The molecule has 5 heteroatoms. The number of hydrogen-bond donors (Lipinski definition) is 1. The molecule has 0 saturated carbocycles. The van der Waals surface area contributed by atoms with E-state index >= 15 is 0 Å². The van der Waals surface area contributed by atoms with E-state index in [9.17, 15) is 0 Å². The van der Waals surface area contributed by atoms with Crippen molar-refractivity contribution in [2.45, 2.75) is 32.2 Å². The molecule has 0 unspecified atom stereocenters. The molecule has 2 aromatic carbocycles. The first-order valence-corrected chi connectivity index (χ1v) is 8.98. The van der Waals surface area contributed by atoms with Crippen molar-refractivity contribution >= 4 is 28.5 Å². The van der Waals surface area contributed by atoms with E-state index in [1.165, 1.54) is 11.3 Å². The third-order valence-corrected chi connectivity index (χ3v) is 4.70. The van der Waals surface area contributed by atoms with Crippen LogP contribution in [0.5, 0.6) is 0 Å². The van der Waals surface area contributed by atoms with Gasteiger partial charge in [-0.2, -0.15) is 0 Å². The maximum Gasteiger partial charge on any atom is 0.166 e. The Balaban J connectivity index is 0.00000156. The Bertz CT molecular complexity index is 752. The monoisotopic (exact) mass is 359 g/mol. The molecule has 3 aromatic rings. The van der Waals surface area contributed by atoms with Crippen LogP contribution in [-0.2, 0) is 5.75 Å². The SMILES string of the molecule is C.CC(C)CN(C)c1ccccc1CSc1nc2ccccc2[nH]1.O. The number of hydrogen-bond acceptors (Lipinski definition) is 3. The molecule has 0 fully saturated rings. The number of fused-ring (bicyclic) bond motifs is 1. The van der Waals surface area contributed by atoms with Gasteiger partial charge in [-0.1, -0.05) is 63.4 Å². The molecular formula is C20H29N3OS. The molecule has 0 bridgehead atoms. The maximum absolute atomic E-state index is 4.64. The number of nitrogens with one attached hydrogen (secondary N) is 1. The van der Waals surface area contributed by atoms with E-state index in [4.69, 9.17) is 0 Å². The van der Waals surface area contributed by atoms with Crippen LogP contribution in [0.15, 0.2) is 53.7 Å². The van der Waals surface area contributed by atoms with Gasteiger partial charge >= 0.3 is 0 Å². The standard InChI is InChI=1S/C19H23N3S.CH4.H2O/c1-14(2)12-22(3)18-11-7-4-8-15(18)13-23-19-20-16-9-5-6-10-17(16)21-19;;/h4-11,14H,12-13H2,1-3H3,(H,20,21);1H4;1H2. The number of aromatic amines is 1. The quantitative estimate of drug-likeness (QED) is 0.645. The lowest BCUT2D eigenvalue weighted by Gasteiger charge is -2.24. The third kappa shape index (κ3) is 5.25. The van der Waals surface area contributed by atoms with Crippen molar-refractivity contribution in [2.75, 3.05) is 18.5 Å². The highest BCUT2D eigenvalue weighted by Gasteiger charge is 2.10. The first-order chi connectivity index (χ1) is 11.1. The van der Waals surface area contributed by atoms with Crippen LogP contribution in [0.4, 0.5) is 5.69 Å². The number of rotatable bonds is 6. The van der Waals surface area contributed by atoms with E-state index in [0.29, 0.717) is 5.92 Å². The number of H-pyrrole nitrogens is 1. The first-order valence-electron chi connectivity index (χ1n) is 8.00. The number of thioether (sulfide) groups is 1. The van der Waals surface area contributed by atoms with E-state index in [0.717, 1.165) is 28.5 Å². The summed E-state index contributed by atoms with van der Waals surface area (Å²) in [5, 5.41) is 0.979. The number of imidazole rings is 1. The van der Waals surface area contributed by atoms with Gasteiger partial charge in [0, 0.05) is 25.0 Å². The van der Waals surface area contributed by atoms with Gasteiger partial charge in [0.1, 0.15) is 0 Å². The van der Waals surface area contributed by atoms with Crippen LogP contribution in [0.3, 0.4) is 0 Å². The van der Waals surface area contributed by atoms with E-state index < -0.39 is 0 Å². The average molecular weight is 360 g/mol. The number of nitrogens with zero attached hydrogens (tertiary/aromatic N) is 2. The normalized spacial score (nSPS) is 10.4. The minimum atomic E-state index is 0. The van der Waals surface area contributed by atoms with Gasteiger partial charge in [-0.15, -0.1) is 0 Å². The molecule has 0 aliphatic rings. The smallest absolute Gasteiger partial charge is 0.166 e. The molecule has 0 aliphatic heterocycles. The average Bonchev–Trinajstić information content (AvgIpc) is 2.95. The summed E-state index contributed by atoms with van der Waals surface area (Å²) in [5.74, 6) is 1.56. The van der Waals surface area contributed by atoms with E-state index in [2.05, 4.69) is 66.1 Å². The summed E-state index contributed by atoms with van der Waals surface area (Å²) in [7, 11) is 2.17. The van der Waals surface area contributed by atoms with E-state index in [1.54, 1.807) is 11.8 Å². The Morgan fingerprint density at radius 2 is 1.76 bits per heavy atom. The molecule has 25 heavy (non-hydrogen) atoms. The lowest BCUT2D eigenvalue weighted by molar-refractivity contribution is 0.637. The lowest BCUT2D eigenvalue weighted by atomic mass is 10.1. The Morgan fingerprint density at radius 1 is 1.08 bits per heavy atom. The highest BCUT2D eigenvalue weighted by atomic mass is 32.2. The molecule has 0 atom stereocenters. The Morgan fingerprint density at radius 3 is 2.48 bits per heavy atom. The van der Waals surface area contributed by atoms with Crippen molar-refractivity contribution in [3.05, 3.63) is 54.1 Å². The Labute approximate surface area is 155 Å². The second kappa shape index (κ2) is 9.49. The van der Waals surface area contributed by atoms with E-state index in [-0.39, 0.29) is 12.9 Å². The molecule has 0 radical (unpaired) electrons. The summed E-state index contributed by atoms with van der Waals surface area (Å²) in [6.45, 7) is 5.57. The van der Waals surface area contributed by atoms with Crippen molar-refractivity contribution in [1.82, 2.24) is 9.97 Å². The van der Waals surface area contributed by atoms with Crippen molar-refractivity contribution < 1.29 is 5.48 Å². The second-order valence-corrected chi connectivity index (χ2v) is 7.21. The maximum atomic E-state index is 4.64. The molecule has 0 spiro atoms. The second-order valence-electron chi connectivity index (χ2n) is 6.25. The van der Waals surface area contributed by atoms with Gasteiger partial charge in [-0.05, 0) is 29.7 Å². The van der Waals surface area contributed by atoms with Crippen LogP contribution >= 0.6 is 11.8 Å². The molecule has 3 N–H and O–H groups in total. The van der Waals surface area contributed by atoms with Gasteiger partial charge in [-0.25, -0.2) is 4.98 Å². The van der Waals surface area contributed by atoms with Crippen LogP contribution in [0, 0.1) is 5.92 Å². The molecule has 0 amide bonds. The minimum Gasteiger partial charge on any atom is -0.412 e. The third-order valence-electron chi connectivity index (χ3n) is 3.77. The molecule has 1 aromatic heterocycles. The summed E-state index contributed by atoms with van der Waals surface area (Å²) in [6, 6.07) is 16.8. The zero-order chi connectivity index (χ0) is 16.2. The Hall–Kier alpha value is -1.98. The van der Waals surface area contributed by atoms with Gasteiger partial charge in [0.05, 0.1) is 11.0 Å². The number of benzene rings is 2. The van der Waals surface area contributed by atoms with Gasteiger partial charge in [0.2, 0.25) is 0 Å². The van der Waals surface area contributed by atoms with Crippen molar-refractivity contribution in [3.8, 4) is 0 Å². The number of aromatic nitrogens is 2. The summed E-state index contributed by atoms with van der Waals surface area (Å²) in [4.78, 5) is 10.4. The van der Waals surface area contributed by atoms with Crippen molar-refractivity contribution in [2.24, 2.45) is 5.92 Å². The van der Waals surface area contributed by atoms with Gasteiger partial charge in [0.15, 0.2) is 5.16 Å². The summed E-state index contributed by atoms with van der Waals surface area (Å²) < 4.78 is 0. The van der Waals surface area contributed by atoms with Gasteiger partial charge in [-0.3, -0.25) is 0 Å².